The Kier molecular flexibility index (Phi) is 9.15. The number of benzene rings is 3. The maximum Gasteiger partial charge on any atom is 0.244 e. The van der Waals surface area contributed by atoms with Gasteiger partial charge in [0.25, 0.3) is 0 Å². The number of halogens is 1. The molecule has 0 unspecified atom stereocenters. The molecule has 33 heavy (non-hydrogen) atoms. The van der Waals surface area contributed by atoms with Crippen molar-refractivity contribution in [3.63, 3.8) is 0 Å². The molecule has 0 aliphatic carbocycles. The molecule has 7 heteroatoms. The smallest absolute Gasteiger partial charge is 0.244 e. The molecule has 3 aromatic rings. The first-order valence-corrected chi connectivity index (χ1v) is 11.1. The molecule has 6 nitrogen and oxygen atoms in total. The van der Waals surface area contributed by atoms with E-state index < -0.39 is 0 Å². The zero-order valence-corrected chi connectivity index (χ0v) is 19.5. The number of nitrogens with zero attached hydrogens (tertiary/aromatic N) is 1. The van der Waals surface area contributed by atoms with Gasteiger partial charge in [-0.2, -0.15) is 5.10 Å². The topological polar surface area (TPSA) is 69.2 Å². The Hall–Kier alpha value is -3.51. The van der Waals surface area contributed by atoms with Crippen LogP contribution < -0.4 is 19.6 Å². The molecule has 3 aromatic carbocycles. The Balaban J connectivity index is 1.56. The largest absolute Gasteiger partial charge is 0.494 e. The number of nitrogens with one attached hydrogen (secondary N) is 1. The molecule has 0 radical (unpaired) electrons. The van der Waals surface area contributed by atoms with Crippen LogP contribution >= 0.6 is 11.6 Å². The fourth-order valence-electron chi connectivity index (χ4n) is 3.01. The van der Waals surface area contributed by atoms with Crippen LogP contribution in [0.15, 0.2) is 71.8 Å². The molecule has 3 rings (SSSR count). The molecule has 0 bridgehead atoms. The highest BCUT2D eigenvalue weighted by Gasteiger charge is 2.07. The van der Waals surface area contributed by atoms with Crippen LogP contribution in [0.3, 0.4) is 0 Å². The van der Waals surface area contributed by atoms with E-state index in [1.807, 2.05) is 80.6 Å². The van der Waals surface area contributed by atoms with Gasteiger partial charge in [-0.05, 0) is 73.0 Å². The van der Waals surface area contributed by atoms with Crippen LogP contribution in [0, 0.1) is 0 Å². The van der Waals surface area contributed by atoms with E-state index in [-0.39, 0.29) is 12.3 Å². The van der Waals surface area contributed by atoms with E-state index in [4.69, 9.17) is 25.8 Å². The lowest BCUT2D eigenvalue weighted by atomic mass is 10.1. The number of carbonyl (C=O) groups excluding carboxylic acids is 1. The summed E-state index contributed by atoms with van der Waals surface area (Å²) in [5, 5.41) is 4.74. The standard InChI is InChI=1S/C26H27ClN2O4/c1-3-31-23-12-7-19(8-13-23)16-26(30)29-28-17-21-9-14-24(25(15-21)32-4-2)33-18-20-5-10-22(27)11-6-20/h5-15,17H,3-4,16,18H2,1-2H3,(H,29,30)/b28-17+. The highest BCUT2D eigenvalue weighted by Crippen LogP contribution is 2.29. The van der Waals surface area contributed by atoms with E-state index in [1.54, 1.807) is 6.21 Å². The van der Waals surface area contributed by atoms with Gasteiger partial charge in [0, 0.05) is 5.02 Å². The predicted molar refractivity (Wildman–Crippen MR) is 130 cm³/mol. The third kappa shape index (κ3) is 7.84. The molecule has 172 valence electrons. The van der Waals surface area contributed by atoms with Crippen molar-refractivity contribution in [3.05, 3.63) is 88.4 Å². The Bertz CT molecular complexity index is 1070. The van der Waals surface area contributed by atoms with Gasteiger partial charge in [-0.3, -0.25) is 4.79 Å². The summed E-state index contributed by atoms with van der Waals surface area (Å²) in [7, 11) is 0. The van der Waals surface area contributed by atoms with Crippen molar-refractivity contribution in [1.82, 2.24) is 5.43 Å². The van der Waals surface area contributed by atoms with Crippen LogP contribution in [-0.4, -0.2) is 25.3 Å². The van der Waals surface area contributed by atoms with Gasteiger partial charge in [0.2, 0.25) is 5.91 Å². The number of ether oxygens (including phenoxy) is 3. The number of hydrazone groups is 1. The van der Waals surface area contributed by atoms with Gasteiger partial charge in [-0.25, -0.2) is 5.43 Å². The lowest BCUT2D eigenvalue weighted by Gasteiger charge is -2.12. The molecule has 1 N–H and O–H groups in total. The molecule has 0 spiro atoms. The van der Waals surface area contributed by atoms with Crippen molar-refractivity contribution < 1.29 is 19.0 Å². The number of rotatable bonds is 11. The first kappa shape index (κ1) is 24.1. The quantitative estimate of drug-likeness (QED) is 0.303. The first-order chi connectivity index (χ1) is 16.1. The molecule has 1 amide bonds. The molecule has 0 atom stereocenters. The van der Waals surface area contributed by atoms with Gasteiger partial charge in [0.15, 0.2) is 11.5 Å². The van der Waals surface area contributed by atoms with Crippen molar-refractivity contribution >= 4 is 23.7 Å². The van der Waals surface area contributed by atoms with Crippen LogP contribution in [0.2, 0.25) is 5.02 Å². The first-order valence-electron chi connectivity index (χ1n) is 10.7. The molecule has 0 aromatic heterocycles. The number of amides is 1. The number of hydrogen-bond donors (Lipinski definition) is 1. The lowest BCUT2D eigenvalue weighted by molar-refractivity contribution is -0.120. The summed E-state index contributed by atoms with van der Waals surface area (Å²) in [4.78, 5) is 12.2. The fourth-order valence-corrected chi connectivity index (χ4v) is 3.13. The SMILES string of the molecule is CCOc1ccc(CC(=O)N/N=C/c2ccc(OCc3ccc(Cl)cc3)c(OCC)c2)cc1. The summed E-state index contributed by atoms with van der Waals surface area (Å²) in [6.45, 7) is 5.33. The van der Waals surface area contributed by atoms with Gasteiger partial charge in [0.05, 0.1) is 25.8 Å². The Morgan fingerprint density at radius 1 is 0.879 bits per heavy atom. The van der Waals surface area contributed by atoms with E-state index in [9.17, 15) is 4.79 Å². The second kappa shape index (κ2) is 12.5. The van der Waals surface area contributed by atoms with Crippen LogP contribution in [-0.2, 0) is 17.8 Å². The monoisotopic (exact) mass is 466 g/mol. The van der Waals surface area contributed by atoms with E-state index in [2.05, 4.69) is 10.5 Å². The average molecular weight is 467 g/mol. The van der Waals surface area contributed by atoms with Gasteiger partial charge < -0.3 is 14.2 Å². The second-order valence-corrected chi connectivity index (χ2v) is 7.54. The highest BCUT2D eigenvalue weighted by molar-refractivity contribution is 6.30. The fraction of sp³-hybridized carbons (Fsp3) is 0.231. The molecular weight excluding hydrogens is 440 g/mol. The highest BCUT2D eigenvalue weighted by atomic mass is 35.5. The summed E-state index contributed by atoms with van der Waals surface area (Å²) in [5.41, 5.74) is 5.21. The van der Waals surface area contributed by atoms with Crippen LogP contribution in [0.1, 0.15) is 30.5 Å². The second-order valence-electron chi connectivity index (χ2n) is 7.10. The molecule has 0 aliphatic heterocycles. The Morgan fingerprint density at radius 2 is 1.58 bits per heavy atom. The van der Waals surface area contributed by atoms with Gasteiger partial charge in [0.1, 0.15) is 12.4 Å². The zero-order valence-electron chi connectivity index (χ0n) is 18.7. The molecule has 0 fully saturated rings. The average Bonchev–Trinajstić information content (AvgIpc) is 2.81. The summed E-state index contributed by atoms with van der Waals surface area (Å²) >= 11 is 5.93. The van der Waals surface area contributed by atoms with E-state index in [0.717, 1.165) is 22.4 Å². The molecule has 0 aliphatic rings. The summed E-state index contributed by atoms with van der Waals surface area (Å²) in [6.07, 6.45) is 1.80. The Morgan fingerprint density at radius 3 is 2.27 bits per heavy atom. The normalized spacial score (nSPS) is 10.8. The molecule has 0 saturated heterocycles. The maximum atomic E-state index is 12.2. The van der Waals surface area contributed by atoms with Crippen molar-refractivity contribution in [3.8, 4) is 17.2 Å². The van der Waals surface area contributed by atoms with Crippen molar-refractivity contribution in [2.75, 3.05) is 13.2 Å². The minimum Gasteiger partial charge on any atom is -0.494 e. The van der Waals surface area contributed by atoms with E-state index in [0.29, 0.717) is 36.3 Å². The minimum atomic E-state index is -0.205. The molecular formula is C26H27ClN2O4. The van der Waals surface area contributed by atoms with Gasteiger partial charge in [-0.15, -0.1) is 0 Å². The van der Waals surface area contributed by atoms with Gasteiger partial charge in [-0.1, -0.05) is 35.9 Å². The summed E-state index contributed by atoms with van der Waals surface area (Å²) in [6, 6.07) is 20.4. The van der Waals surface area contributed by atoms with Crippen LogP contribution in [0.5, 0.6) is 17.2 Å². The van der Waals surface area contributed by atoms with E-state index >= 15 is 0 Å². The predicted octanol–water partition coefficient (Wildman–Crippen LogP) is 5.41. The molecule has 0 heterocycles. The minimum absolute atomic E-state index is 0.205. The third-order valence-corrected chi connectivity index (χ3v) is 4.83. The number of hydrogen-bond acceptors (Lipinski definition) is 5. The third-order valence-electron chi connectivity index (χ3n) is 4.58. The van der Waals surface area contributed by atoms with Crippen molar-refractivity contribution in [2.45, 2.75) is 26.9 Å². The van der Waals surface area contributed by atoms with Crippen molar-refractivity contribution in [2.24, 2.45) is 5.10 Å². The van der Waals surface area contributed by atoms with Crippen LogP contribution in [0.25, 0.3) is 0 Å². The molecule has 0 saturated carbocycles. The zero-order chi connectivity index (χ0) is 23.5. The lowest BCUT2D eigenvalue weighted by Crippen LogP contribution is -2.19. The van der Waals surface area contributed by atoms with E-state index in [1.165, 1.54) is 0 Å². The van der Waals surface area contributed by atoms with Crippen LogP contribution in [0.4, 0.5) is 0 Å². The summed E-state index contributed by atoms with van der Waals surface area (Å²) < 4.78 is 17.0. The maximum absolute atomic E-state index is 12.2. The number of carbonyl (C=O) groups is 1. The summed E-state index contributed by atoms with van der Waals surface area (Å²) in [5.74, 6) is 1.81. The van der Waals surface area contributed by atoms with Crippen molar-refractivity contribution in [1.29, 1.82) is 0 Å². The Labute approximate surface area is 199 Å². The van der Waals surface area contributed by atoms with Gasteiger partial charge >= 0.3 is 0 Å².